The predicted molar refractivity (Wildman–Crippen MR) is 110 cm³/mol. The highest BCUT2D eigenvalue weighted by molar-refractivity contribution is 5.89. The summed E-state index contributed by atoms with van der Waals surface area (Å²) in [4.78, 5) is 22.3. The third-order valence-corrected chi connectivity index (χ3v) is 4.90. The minimum absolute atomic E-state index is 0.0821. The first kappa shape index (κ1) is 21.6. The van der Waals surface area contributed by atoms with E-state index in [0.717, 1.165) is 6.07 Å². The predicted octanol–water partition coefficient (Wildman–Crippen LogP) is 4.71. The van der Waals surface area contributed by atoms with Crippen molar-refractivity contribution in [1.29, 1.82) is 0 Å². The molecule has 0 bridgehead atoms. The fraction of sp³-hybridized carbons (Fsp3) is 0.381. The number of pyridine rings is 1. The largest absolute Gasteiger partial charge is 0.416 e. The highest BCUT2D eigenvalue weighted by Gasteiger charge is 2.32. The molecule has 1 amide bonds. The number of nitrogens with one attached hydrogen (secondary N) is 1. The molecular formula is C21H24F3N5O. The number of amides is 1. The summed E-state index contributed by atoms with van der Waals surface area (Å²) in [5.74, 6) is 0.206. The molecule has 0 aliphatic heterocycles. The van der Waals surface area contributed by atoms with E-state index in [-0.39, 0.29) is 18.4 Å². The molecule has 2 aromatic heterocycles. The Hall–Kier alpha value is -3.10. The number of rotatable bonds is 5. The summed E-state index contributed by atoms with van der Waals surface area (Å²) < 4.78 is 41.5. The van der Waals surface area contributed by atoms with Gasteiger partial charge < -0.3 is 14.8 Å². The van der Waals surface area contributed by atoms with E-state index in [1.165, 1.54) is 11.0 Å². The second-order valence-electron chi connectivity index (χ2n) is 7.72. The second-order valence-corrected chi connectivity index (χ2v) is 7.72. The van der Waals surface area contributed by atoms with E-state index in [1.54, 1.807) is 44.2 Å². The molecule has 0 aliphatic rings. The fourth-order valence-corrected chi connectivity index (χ4v) is 3.22. The minimum Gasteiger partial charge on any atom is -0.347 e. The number of carbonyl (C=O) groups excluding carboxylic acids is 1. The van der Waals surface area contributed by atoms with Crippen LogP contribution in [0.4, 0.5) is 24.7 Å². The van der Waals surface area contributed by atoms with Gasteiger partial charge in [-0.25, -0.2) is 9.97 Å². The summed E-state index contributed by atoms with van der Waals surface area (Å²) in [5, 5.41) is 3.18. The molecule has 2 heterocycles. The number of anilines is 2. The number of imidazole rings is 1. The fourth-order valence-electron chi connectivity index (χ4n) is 3.22. The molecule has 3 rings (SSSR count). The topological polar surface area (TPSA) is 63.1 Å². The average Bonchev–Trinajstić information content (AvgIpc) is 3.05. The van der Waals surface area contributed by atoms with Crippen LogP contribution < -0.4 is 5.32 Å². The zero-order chi connectivity index (χ0) is 22.2. The first-order valence-corrected chi connectivity index (χ1v) is 9.47. The van der Waals surface area contributed by atoms with Crippen molar-refractivity contribution in [2.24, 2.45) is 0 Å². The van der Waals surface area contributed by atoms with Crippen LogP contribution in [-0.2, 0) is 17.5 Å². The average molecular weight is 419 g/mol. The Morgan fingerprint density at radius 3 is 2.53 bits per heavy atom. The van der Waals surface area contributed by atoms with E-state index in [0.29, 0.717) is 33.7 Å². The standard InChI is InChI=1S/C21H24F3N5O/c1-12(2)15-9-14(21(22,23)24)8-13(3)18(15)27-20-19-16(6-7-25-20)29(11-26-19)10-17(30)28(4)5/h6-9,11-12H,10H2,1-5H3,(H,25,27). The van der Waals surface area contributed by atoms with Gasteiger partial charge in [-0.15, -0.1) is 0 Å². The van der Waals surface area contributed by atoms with Gasteiger partial charge in [0, 0.05) is 26.0 Å². The Labute approximate surface area is 172 Å². The molecule has 0 fully saturated rings. The summed E-state index contributed by atoms with van der Waals surface area (Å²) in [6.07, 6.45) is -1.28. The molecule has 3 aromatic rings. The van der Waals surface area contributed by atoms with Gasteiger partial charge in [0.05, 0.1) is 17.4 Å². The van der Waals surface area contributed by atoms with Gasteiger partial charge in [-0.2, -0.15) is 13.2 Å². The molecule has 30 heavy (non-hydrogen) atoms. The van der Waals surface area contributed by atoms with Crippen LogP contribution in [0, 0.1) is 6.92 Å². The quantitative estimate of drug-likeness (QED) is 0.650. The maximum Gasteiger partial charge on any atom is 0.416 e. The first-order chi connectivity index (χ1) is 14.0. The monoisotopic (exact) mass is 419 g/mol. The van der Waals surface area contributed by atoms with Crippen LogP contribution in [0.1, 0.15) is 36.5 Å². The molecule has 0 unspecified atom stereocenters. The molecule has 1 aromatic carbocycles. The maximum atomic E-state index is 13.3. The number of aromatic nitrogens is 3. The number of benzene rings is 1. The summed E-state index contributed by atoms with van der Waals surface area (Å²) in [7, 11) is 3.35. The number of hydrogen-bond donors (Lipinski definition) is 1. The molecule has 0 saturated heterocycles. The number of fused-ring (bicyclic) bond motifs is 1. The molecule has 9 heteroatoms. The van der Waals surface area contributed by atoms with Crippen LogP contribution >= 0.6 is 0 Å². The summed E-state index contributed by atoms with van der Waals surface area (Å²) in [6, 6.07) is 4.05. The number of likely N-dealkylation sites (N-methyl/N-ethyl adjacent to an activating group) is 1. The minimum atomic E-state index is -4.41. The normalized spacial score (nSPS) is 11.9. The molecule has 0 atom stereocenters. The van der Waals surface area contributed by atoms with E-state index < -0.39 is 11.7 Å². The molecule has 0 saturated carbocycles. The number of halogens is 3. The van der Waals surface area contributed by atoms with Gasteiger partial charge in [0.15, 0.2) is 5.82 Å². The van der Waals surface area contributed by atoms with Gasteiger partial charge in [-0.3, -0.25) is 4.79 Å². The first-order valence-electron chi connectivity index (χ1n) is 9.47. The Kier molecular flexibility index (Phi) is 5.74. The Balaban J connectivity index is 2.05. The lowest BCUT2D eigenvalue weighted by Crippen LogP contribution is -2.25. The molecule has 160 valence electrons. The number of aryl methyl sites for hydroxylation is 1. The van der Waals surface area contributed by atoms with Crippen molar-refractivity contribution in [3.8, 4) is 0 Å². The van der Waals surface area contributed by atoms with Crippen molar-refractivity contribution >= 4 is 28.4 Å². The van der Waals surface area contributed by atoms with E-state index in [9.17, 15) is 18.0 Å². The highest BCUT2D eigenvalue weighted by Crippen LogP contribution is 2.38. The highest BCUT2D eigenvalue weighted by atomic mass is 19.4. The summed E-state index contributed by atoms with van der Waals surface area (Å²) >= 11 is 0. The van der Waals surface area contributed by atoms with Crippen molar-refractivity contribution in [2.75, 3.05) is 19.4 Å². The van der Waals surface area contributed by atoms with Crippen LogP contribution in [0.15, 0.2) is 30.7 Å². The van der Waals surface area contributed by atoms with Gasteiger partial charge in [0.2, 0.25) is 5.91 Å². The maximum absolute atomic E-state index is 13.3. The van der Waals surface area contributed by atoms with Gasteiger partial charge in [-0.05, 0) is 42.2 Å². The van der Waals surface area contributed by atoms with Gasteiger partial charge in [0.25, 0.3) is 0 Å². The SMILES string of the molecule is Cc1cc(C(F)(F)F)cc(C(C)C)c1Nc1nccc2c1ncn2CC(=O)N(C)C. The third kappa shape index (κ3) is 4.24. The second kappa shape index (κ2) is 7.97. The molecule has 1 N–H and O–H groups in total. The number of carbonyl (C=O) groups is 1. The van der Waals surface area contributed by atoms with Crippen LogP contribution in [0.2, 0.25) is 0 Å². The lowest BCUT2D eigenvalue weighted by Gasteiger charge is -2.20. The molecule has 0 radical (unpaired) electrons. The molecule has 0 aliphatic carbocycles. The van der Waals surface area contributed by atoms with Crippen LogP contribution in [-0.4, -0.2) is 39.4 Å². The van der Waals surface area contributed by atoms with Crippen LogP contribution in [0.3, 0.4) is 0 Å². The Bertz CT molecular complexity index is 1090. The van der Waals surface area contributed by atoms with E-state index >= 15 is 0 Å². The molecular weight excluding hydrogens is 395 g/mol. The Morgan fingerprint density at radius 2 is 1.93 bits per heavy atom. The van der Waals surface area contributed by atoms with Crippen LogP contribution in [0.25, 0.3) is 11.0 Å². The van der Waals surface area contributed by atoms with E-state index in [2.05, 4.69) is 15.3 Å². The summed E-state index contributed by atoms with van der Waals surface area (Å²) in [6.45, 7) is 5.45. The lowest BCUT2D eigenvalue weighted by molar-refractivity contribution is -0.137. The van der Waals surface area contributed by atoms with Crippen molar-refractivity contribution < 1.29 is 18.0 Å². The van der Waals surface area contributed by atoms with Crippen molar-refractivity contribution in [3.05, 3.63) is 47.4 Å². The number of nitrogens with zero attached hydrogens (tertiary/aromatic N) is 4. The lowest BCUT2D eigenvalue weighted by atomic mass is 9.95. The van der Waals surface area contributed by atoms with Gasteiger partial charge in [-0.1, -0.05) is 13.8 Å². The van der Waals surface area contributed by atoms with Gasteiger partial charge in [0.1, 0.15) is 12.1 Å². The van der Waals surface area contributed by atoms with Crippen molar-refractivity contribution in [2.45, 2.75) is 39.4 Å². The smallest absolute Gasteiger partial charge is 0.347 e. The van der Waals surface area contributed by atoms with Gasteiger partial charge >= 0.3 is 6.18 Å². The van der Waals surface area contributed by atoms with E-state index in [4.69, 9.17) is 0 Å². The number of hydrogen-bond acceptors (Lipinski definition) is 4. The molecule has 0 spiro atoms. The Morgan fingerprint density at radius 1 is 1.23 bits per heavy atom. The van der Waals surface area contributed by atoms with E-state index in [1.807, 2.05) is 13.8 Å². The van der Waals surface area contributed by atoms with Crippen molar-refractivity contribution in [3.63, 3.8) is 0 Å². The third-order valence-electron chi connectivity index (χ3n) is 4.90. The van der Waals surface area contributed by atoms with Crippen molar-refractivity contribution in [1.82, 2.24) is 19.4 Å². The molecule has 6 nitrogen and oxygen atoms in total. The summed E-state index contributed by atoms with van der Waals surface area (Å²) in [5.41, 5.74) is 2.16. The zero-order valence-corrected chi connectivity index (χ0v) is 17.5. The van der Waals surface area contributed by atoms with Crippen LogP contribution in [0.5, 0.6) is 0 Å². The number of alkyl halides is 3. The zero-order valence-electron chi connectivity index (χ0n) is 17.5.